The van der Waals surface area contributed by atoms with Crippen LogP contribution in [0, 0.1) is 10.1 Å². The summed E-state index contributed by atoms with van der Waals surface area (Å²) in [6.07, 6.45) is 6.02. The van der Waals surface area contributed by atoms with Crippen molar-refractivity contribution in [2.45, 2.75) is 44.2 Å². The highest BCUT2D eigenvalue weighted by Gasteiger charge is 2.32. The van der Waals surface area contributed by atoms with Gasteiger partial charge in [-0.1, -0.05) is 49.6 Å². The number of nitro groups is 1. The minimum atomic E-state index is -0.358. The van der Waals surface area contributed by atoms with Gasteiger partial charge in [0.15, 0.2) is 5.82 Å². The van der Waals surface area contributed by atoms with Crippen LogP contribution in [0.5, 0.6) is 0 Å². The van der Waals surface area contributed by atoms with Gasteiger partial charge in [0.25, 0.3) is 5.69 Å². The lowest BCUT2D eigenvalue weighted by molar-refractivity contribution is -0.384. The smallest absolute Gasteiger partial charge is 0.269 e. The molecule has 1 atom stereocenters. The summed E-state index contributed by atoms with van der Waals surface area (Å²) in [5, 5.41) is 24.0. The molecule has 172 valence electrons. The van der Waals surface area contributed by atoms with Gasteiger partial charge in [-0.15, -0.1) is 5.10 Å². The van der Waals surface area contributed by atoms with E-state index in [4.69, 9.17) is 0 Å². The fourth-order valence-electron chi connectivity index (χ4n) is 5.15. The van der Waals surface area contributed by atoms with Gasteiger partial charge in [-0.3, -0.25) is 15.0 Å². The summed E-state index contributed by atoms with van der Waals surface area (Å²) in [6.45, 7) is 3.39. The van der Waals surface area contributed by atoms with Crippen LogP contribution in [0.15, 0.2) is 54.6 Å². The second-order valence-electron chi connectivity index (χ2n) is 8.88. The Balaban J connectivity index is 1.37. The van der Waals surface area contributed by atoms with E-state index in [9.17, 15) is 10.1 Å². The molecule has 5 rings (SSSR count). The Bertz CT molecular complexity index is 1060. The fourth-order valence-corrected chi connectivity index (χ4v) is 5.15. The predicted molar refractivity (Wildman–Crippen MR) is 125 cm³/mol. The number of non-ortho nitro benzene ring substituents is 1. The SMILES string of the molecule is O=[N+]([O-])c1ccc(N2CCN([C@H](c3ccccc3)c3nnnn3C3CCCCC3)CC2)cc1. The van der Waals surface area contributed by atoms with Gasteiger partial charge in [-0.2, -0.15) is 0 Å². The van der Waals surface area contributed by atoms with Crippen LogP contribution in [-0.4, -0.2) is 56.2 Å². The minimum absolute atomic E-state index is 0.00198. The Morgan fingerprint density at radius 1 is 0.909 bits per heavy atom. The molecule has 2 heterocycles. The molecule has 3 aromatic rings. The largest absolute Gasteiger partial charge is 0.369 e. The van der Waals surface area contributed by atoms with Crippen molar-refractivity contribution in [1.29, 1.82) is 0 Å². The van der Waals surface area contributed by atoms with Gasteiger partial charge < -0.3 is 4.90 Å². The third-order valence-electron chi connectivity index (χ3n) is 6.90. The first kappa shape index (κ1) is 21.5. The Hall–Kier alpha value is -3.33. The number of rotatable bonds is 6. The molecule has 2 aliphatic rings. The normalized spacial score (nSPS) is 18.8. The number of anilines is 1. The number of hydrogen-bond donors (Lipinski definition) is 0. The molecule has 0 spiro atoms. The topological polar surface area (TPSA) is 93.2 Å². The molecule has 1 aliphatic heterocycles. The van der Waals surface area contributed by atoms with Crippen LogP contribution in [0.2, 0.25) is 0 Å². The number of aromatic nitrogens is 4. The number of hydrogen-bond acceptors (Lipinski definition) is 7. The van der Waals surface area contributed by atoms with E-state index in [0.29, 0.717) is 6.04 Å². The molecule has 1 saturated carbocycles. The van der Waals surface area contributed by atoms with E-state index in [-0.39, 0.29) is 16.7 Å². The lowest BCUT2D eigenvalue weighted by Gasteiger charge is -2.40. The lowest BCUT2D eigenvalue weighted by atomic mass is 9.95. The first-order valence-electron chi connectivity index (χ1n) is 11.8. The van der Waals surface area contributed by atoms with Gasteiger partial charge in [-0.05, 0) is 41.0 Å². The van der Waals surface area contributed by atoms with Crippen LogP contribution < -0.4 is 4.90 Å². The summed E-state index contributed by atoms with van der Waals surface area (Å²) in [6, 6.07) is 17.7. The molecule has 0 radical (unpaired) electrons. The van der Waals surface area contributed by atoms with Gasteiger partial charge in [0.1, 0.15) is 0 Å². The van der Waals surface area contributed by atoms with E-state index in [2.05, 4.69) is 54.3 Å². The van der Waals surface area contributed by atoms with Gasteiger partial charge in [-0.25, -0.2) is 4.68 Å². The molecule has 2 fully saturated rings. The molecule has 9 nitrogen and oxygen atoms in total. The Morgan fingerprint density at radius 2 is 1.61 bits per heavy atom. The number of nitrogens with zero attached hydrogens (tertiary/aromatic N) is 7. The maximum absolute atomic E-state index is 11.0. The summed E-state index contributed by atoms with van der Waals surface area (Å²) in [5.41, 5.74) is 2.34. The number of piperazine rings is 1. The standard InChI is InChI=1S/C24H29N7O2/c32-31(33)22-13-11-20(12-14-22)28-15-17-29(18-16-28)23(19-7-3-1-4-8-19)24-25-26-27-30(24)21-9-5-2-6-10-21/h1,3-4,7-8,11-14,21,23H,2,5-6,9-10,15-18H2/t23-/m1/s1. The van der Waals surface area contributed by atoms with Crippen LogP contribution in [0.1, 0.15) is 55.6 Å². The van der Waals surface area contributed by atoms with Crippen molar-refractivity contribution in [2.24, 2.45) is 0 Å². The van der Waals surface area contributed by atoms with Crippen molar-refractivity contribution in [2.75, 3.05) is 31.1 Å². The zero-order valence-electron chi connectivity index (χ0n) is 18.7. The summed E-state index contributed by atoms with van der Waals surface area (Å²) in [4.78, 5) is 15.3. The monoisotopic (exact) mass is 447 g/mol. The average molecular weight is 448 g/mol. The molecule has 33 heavy (non-hydrogen) atoms. The second-order valence-corrected chi connectivity index (χ2v) is 8.88. The van der Waals surface area contributed by atoms with Crippen LogP contribution in [0.3, 0.4) is 0 Å². The predicted octanol–water partition coefficient (Wildman–Crippen LogP) is 4.00. The molecular formula is C24H29N7O2. The Labute approximate surface area is 193 Å². The van der Waals surface area contributed by atoms with E-state index in [1.807, 2.05) is 18.2 Å². The molecule has 0 bridgehead atoms. The molecule has 0 N–H and O–H groups in total. The van der Waals surface area contributed by atoms with Crippen molar-refractivity contribution < 1.29 is 4.92 Å². The summed E-state index contributed by atoms with van der Waals surface area (Å²) < 4.78 is 2.08. The van der Waals surface area contributed by atoms with E-state index >= 15 is 0 Å². The Kier molecular flexibility index (Phi) is 6.30. The van der Waals surface area contributed by atoms with Crippen molar-refractivity contribution in [3.63, 3.8) is 0 Å². The van der Waals surface area contributed by atoms with Gasteiger partial charge in [0, 0.05) is 44.0 Å². The number of nitro benzene ring substituents is 1. The van der Waals surface area contributed by atoms with Crippen molar-refractivity contribution in [3.05, 3.63) is 76.1 Å². The molecule has 1 aromatic heterocycles. The van der Waals surface area contributed by atoms with Gasteiger partial charge in [0.05, 0.1) is 17.0 Å². The summed E-state index contributed by atoms with van der Waals surface area (Å²) in [7, 11) is 0. The second kappa shape index (κ2) is 9.66. The molecule has 0 unspecified atom stereocenters. The van der Waals surface area contributed by atoms with Crippen LogP contribution in [0.4, 0.5) is 11.4 Å². The maximum Gasteiger partial charge on any atom is 0.269 e. The molecule has 2 aromatic carbocycles. The highest BCUT2D eigenvalue weighted by atomic mass is 16.6. The zero-order valence-corrected chi connectivity index (χ0v) is 18.7. The molecule has 1 saturated heterocycles. The lowest BCUT2D eigenvalue weighted by Crippen LogP contribution is -2.48. The van der Waals surface area contributed by atoms with E-state index in [0.717, 1.165) is 50.5 Å². The van der Waals surface area contributed by atoms with Crippen molar-refractivity contribution >= 4 is 11.4 Å². The third kappa shape index (κ3) is 4.59. The fraction of sp³-hybridized carbons (Fsp3) is 0.458. The van der Waals surface area contributed by atoms with Crippen LogP contribution >= 0.6 is 0 Å². The first-order chi connectivity index (χ1) is 16.2. The first-order valence-corrected chi connectivity index (χ1v) is 11.8. The average Bonchev–Trinajstić information content (AvgIpc) is 3.35. The van der Waals surface area contributed by atoms with Gasteiger partial charge in [0.2, 0.25) is 0 Å². The van der Waals surface area contributed by atoms with Crippen molar-refractivity contribution in [3.8, 4) is 0 Å². The maximum atomic E-state index is 11.0. The van der Waals surface area contributed by atoms with Crippen LogP contribution in [-0.2, 0) is 0 Å². The van der Waals surface area contributed by atoms with Crippen molar-refractivity contribution in [1.82, 2.24) is 25.1 Å². The number of benzene rings is 2. The zero-order chi connectivity index (χ0) is 22.6. The minimum Gasteiger partial charge on any atom is -0.369 e. The summed E-state index contributed by atoms with van der Waals surface area (Å²) in [5.74, 6) is 0.928. The van der Waals surface area contributed by atoms with E-state index in [1.54, 1.807) is 12.1 Å². The van der Waals surface area contributed by atoms with Gasteiger partial charge >= 0.3 is 0 Å². The molecule has 1 aliphatic carbocycles. The van der Waals surface area contributed by atoms with E-state index < -0.39 is 0 Å². The highest BCUT2D eigenvalue weighted by Crippen LogP contribution is 2.34. The molecular weight excluding hydrogens is 418 g/mol. The highest BCUT2D eigenvalue weighted by molar-refractivity contribution is 5.51. The number of tetrazole rings is 1. The third-order valence-corrected chi connectivity index (χ3v) is 6.90. The molecule has 9 heteroatoms. The molecule has 0 amide bonds. The summed E-state index contributed by atoms with van der Waals surface area (Å²) >= 11 is 0. The van der Waals surface area contributed by atoms with E-state index in [1.165, 1.54) is 24.8 Å². The quantitative estimate of drug-likeness (QED) is 0.416. The van der Waals surface area contributed by atoms with Crippen LogP contribution in [0.25, 0.3) is 0 Å². The Morgan fingerprint density at radius 3 is 2.27 bits per heavy atom.